The predicted molar refractivity (Wildman–Crippen MR) is 102 cm³/mol. The first kappa shape index (κ1) is 17.9. The Balaban J connectivity index is 1.36. The van der Waals surface area contributed by atoms with Crippen LogP contribution in [0, 0.1) is 5.92 Å². The minimum absolute atomic E-state index is 0.620. The van der Waals surface area contributed by atoms with E-state index in [9.17, 15) is 0 Å². The van der Waals surface area contributed by atoms with E-state index in [2.05, 4.69) is 48.1 Å². The Morgan fingerprint density at radius 1 is 1.36 bits per heavy atom. The second-order valence-corrected chi connectivity index (χ2v) is 7.44. The van der Waals surface area contributed by atoms with E-state index in [4.69, 9.17) is 0 Å². The van der Waals surface area contributed by atoms with Crippen molar-refractivity contribution in [3.63, 3.8) is 0 Å². The Hall–Kier alpha value is -1.93. The quantitative estimate of drug-likeness (QED) is 0.602. The number of hydrogen-bond acceptors (Lipinski definition) is 5. The van der Waals surface area contributed by atoms with Crippen molar-refractivity contribution in [1.82, 2.24) is 30.3 Å². The van der Waals surface area contributed by atoms with Crippen molar-refractivity contribution in [2.24, 2.45) is 18.0 Å². The molecule has 0 spiro atoms. The van der Waals surface area contributed by atoms with E-state index in [1.807, 2.05) is 18.4 Å². The molecule has 0 aliphatic carbocycles. The molecule has 1 aliphatic rings. The Kier molecular flexibility index (Phi) is 6.41. The topological polar surface area (TPSA) is 70.4 Å². The van der Waals surface area contributed by atoms with Crippen LogP contribution >= 0.6 is 11.3 Å². The molecule has 25 heavy (non-hydrogen) atoms. The molecule has 0 bridgehead atoms. The zero-order valence-corrected chi connectivity index (χ0v) is 15.8. The van der Waals surface area contributed by atoms with E-state index < -0.39 is 0 Å². The van der Waals surface area contributed by atoms with Crippen molar-refractivity contribution < 1.29 is 0 Å². The molecular weight excluding hydrogens is 334 g/mol. The van der Waals surface area contributed by atoms with Crippen LogP contribution in [0.3, 0.4) is 0 Å². The van der Waals surface area contributed by atoms with Gasteiger partial charge in [-0.25, -0.2) is 4.98 Å². The van der Waals surface area contributed by atoms with Gasteiger partial charge in [-0.3, -0.25) is 14.6 Å². The monoisotopic (exact) mass is 361 g/mol. The first-order valence-corrected chi connectivity index (χ1v) is 9.64. The number of thiophene rings is 1. The molecule has 2 aromatic heterocycles. The summed E-state index contributed by atoms with van der Waals surface area (Å²) in [6.07, 6.45) is 4.04. The van der Waals surface area contributed by atoms with Crippen LogP contribution in [0.5, 0.6) is 0 Å². The number of nitrogens with zero attached hydrogens (tertiary/aromatic N) is 5. The van der Waals surface area contributed by atoms with E-state index >= 15 is 0 Å². The fourth-order valence-corrected chi connectivity index (χ4v) is 3.82. The Labute approximate surface area is 153 Å². The lowest BCUT2D eigenvalue weighted by molar-refractivity contribution is 0.179. The standard InChI is InChI=1S/C17H27N7S/c1-18-17(20-11-16-21-13-22-23(16)2)19-10-14-5-7-24(8-6-14)12-15-4-3-9-25-15/h3-4,9,13-14H,5-8,10-12H2,1-2H3,(H2,18,19,20). The summed E-state index contributed by atoms with van der Waals surface area (Å²) in [6, 6.07) is 4.36. The molecule has 0 atom stereocenters. The van der Waals surface area contributed by atoms with E-state index in [1.54, 1.807) is 18.1 Å². The summed E-state index contributed by atoms with van der Waals surface area (Å²) in [5.41, 5.74) is 0. The number of aliphatic imine (C=N–C) groups is 1. The summed E-state index contributed by atoms with van der Waals surface area (Å²) in [6.45, 7) is 5.03. The van der Waals surface area contributed by atoms with Crippen molar-refractivity contribution in [3.05, 3.63) is 34.5 Å². The Morgan fingerprint density at radius 3 is 2.84 bits per heavy atom. The first-order valence-electron chi connectivity index (χ1n) is 8.76. The van der Waals surface area contributed by atoms with Crippen molar-refractivity contribution >= 4 is 17.3 Å². The van der Waals surface area contributed by atoms with Crippen LogP contribution in [-0.2, 0) is 20.1 Å². The van der Waals surface area contributed by atoms with Gasteiger partial charge in [-0.05, 0) is 43.3 Å². The maximum Gasteiger partial charge on any atom is 0.191 e. The van der Waals surface area contributed by atoms with Gasteiger partial charge in [-0.1, -0.05) is 6.07 Å². The minimum atomic E-state index is 0.620. The van der Waals surface area contributed by atoms with Gasteiger partial charge in [-0.2, -0.15) is 5.10 Å². The molecule has 2 N–H and O–H groups in total. The molecule has 0 amide bonds. The molecule has 1 aliphatic heterocycles. The summed E-state index contributed by atoms with van der Waals surface area (Å²) >= 11 is 1.85. The number of aryl methyl sites for hydroxylation is 1. The SMILES string of the molecule is CN=C(NCc1ncnn1C)NCC1CCN(Cc2cccs2)CC1. The third kappa shape index (κ3) is 5.27. The summed E-state index contributed by atoms with van der Waals surface area (Å²) < 4.78 is 1.77. The number of rotatable bonds is 6. The van der Waals surface area contributed by atoms with Gasteiger partial charge in [0, 0.05) is 32.1 Å². The Bertz CT molecular complexity index is 656. The van der Waals surface area contributed by atoms with E-state index in [1.165, 1.54) is 30.8 Å². The number of piperidine rings is 1. The van der Waals surface area contributed by atoms with Gasteiger partial charge >= 0.3 is 0 Å². The highest BCUT2D eigenvalue weighted by molar-refractivity contribution is 7.09. The van der Waals surface area contributed by atoms with Gasteiger partial charge < -0.3 is 10.6 Å². The molecule has 3 rings (SSSR count). The molecule has 7 nitrogen and oxygen atoms in total. The zero-order chi connectivity index (χ0) is 17.5. The minimum Gasteiger partial charge on any atom is -0.356 e. The molecule has 0 radical (unpaired) electrons. The summed E-state index contributed by atoms with van der Waals surface area (Å²) in [5, 5.41) is 13.0. The molecule has 1 saturated heterocycles. The third-order valence-corrected chi connectivity index (χ3v) is 5.53. The number of nitrogens with one attached hydrogen (secondary N) is 2. The second kappa shape index (κ2) is 8.96. The Morgan fingerprint density at radius 2 is 2.20 bits per heavy atom. The van der Waals surface area contributed by atoms with Crippen LogP contribution in [0.15, 0.2) is 28.8 Å². The lowest BCUT2D eigenvalue weighted by atomic mass is 9.97. The van der Waals surface area contributed by atoms with Crippen LogP contribution < -0.4 is 10.6 Å². The maximum absolute atomic E-state index is 4.29. The molecular formula is C17H27N7S. The van der Waals surface area contributed by atoms with E-state index in [-0.39, 0.29) is 0 Å². The van der Waals surface area contributed by atoms with Gasteiger partial charge in [0.2, 0.25) is 0 Å². The lowest BCUT2D eigenvalue weighted by Gasteiger charge is -2.32. The van der Waals surface area contributed by atoms with Crippen molar-refractivity contribution in [1.29, 1.82) is 0 Å². The summed E-state index contributed by atoms with van der Waals surface area (Å²) in [4.78, 5) is 12.5. The van der Waals surface area contributed by atoms with Crippen LogP contribution in [0.2, 0.25) is 0 Å². The fraction of sp³-hybridized carbons (Fsp3) is 0.588. The summed E-state index contributed by atoms with van der Waals surface area (Å²) in [7, 11) is 3.69. The van der Waals surface area contributed by atoms with Crippen LogP contribution in [0.25, 0.3) is 0 Å². The smallest absolute Gasteiger partial charge is 0.191 e. The van der Waals surface area contributed by atoms with E-state index in [0.717, 1.165) is 24.9 Å². The predicted octanol–water partition coefficient (Wildman–Crippen LogP) is 1.45. The largest absolute Gasteiger partial charge is 0.356 e. The van der Waals surface area contributed by atoms with Gasteiger partial charge in [0.1, 0.15) is 12.2 Å². The van der Waals surface area contributed by atoms with Crippen molar-refractivity contribution in [3.8, 4) is 0 Å². The van der Waals surface area contributed by atoms with Crippen LogP contribution in [-0.4, -0.2) is 52.3 Å². The van der Waals surface area contributed by atoms with Gasteiger partial charge in [0.05, 0.1) is 6.54 Å². The molecule has 1 fully saturated rings. The van der Waals surface area contributed by atoms with E-state index in [0.29, 0.717) is 12.5 Å². The average molecular weight is 362 g/mol. The van der Waals surface area contributed by atoms with Gasteiger partial charge in [0.25, 0.3) is 0 Å². The molecule has 0 aromatic carbocycles. The third-order valence-electron chi connectivity index (χ3n) is 4.67. The normalized spacial score (nSPS) is 17.0. The van der Waals surface area contributed by atoms with Gasteiger partial charge in [-0.15, -0.1) is 11.3 Å². The first-order chi connectivity index (χ1) is 12.2. The van der Waals surface area contributed by atoms with Gasteiger partial charge in [0.15, 0.2) is 5.96 Å². The molecule has 0 unspecified atom stereocenters. The highest BCUT2D eigenvalue weighted by Crippen LogP contribution is 2.20. The lowest BCUT2D eigenvalue weighted by Crippen LogP contribution is -2.42. The molecule has 0 saturated carbocycles. The molecule has 8 heteroatoms. The second-order valence-electron chi connectivity index (χ2n) is 6.41. The van der Waals surface area contributed by atoms with Crippen molar-refractivity contribution in [2.45, 2.75) is 25.9 Å². The number of hydrogen-bond donors (Lipinski definition) is 2. The van der Waals surface area contributed by atoms with Crippen LogP contribution in [0.4, 0.5) is 0 Å². The average Bonchev–Trinajstić information content (AvgIpc) is 3.28. The fourth-order valence-electron chi connectivity index (χ4n) is 3.08. The molecule has 2 aromatic rings. The summed E-state index contributed by atoms with van der Waals surface area (Å²) in [5.74, 6) is 2.42. The zero-order valence-electron chi connectivity index (χ0n) is 15.0. The number of aromatic nitrogens is 3. The maximum atomic E-state index is 4.29. The molecule has 136 valence electrons. The highest BCUT2D eigenvalue weighted by Gasteiger charge is 2.19. The highest BCUT2D eigenvalue weighted by atomic mass is 32.1. The number of likely N-dealkylation sites (tertiary alicyclic amines) is 1. The number of guanidine groups is 1. The van der Waals surface area contributed by atoms with Crippen LogP contribution in [0.1, 0.15) is 23.5 Å². The molecule has 3 heterocycles. The van der Waals surface area contributed by atoms with Crippen molar-refractivity contribution in [2.75, 3.05) is 26.7 Å².